The zero-order chi connectivity index (χ0) is 13.5. The summed E-state index contributed by atoms with van der Waals surface area (Å²) in [7, 11) is 0. The van der Waals surface area contributed by atoms with Gasteiger partial charge in [-0.15, -0.1) is 0 Å². The third kappa shape index (κ3) is 3.92. The Morgan fingerprint density at radius 3 is 2.83 bits per heavy atom. The van der Waals surface area contributed by atoms with Crippen LogP contribution in [0.15, 0.2) is 18.2 Å². The van der Waals surface area contributed by atoms with Crippen molar-refractivity contribution in [2.75, 3.05) is 23.9 Å². The van der Waals surface area contributed by atoms with Crippen molar-refractivity contribution >= 4 is 29.1 Å². The maximum absolute atomic E-state index is 10.9. The number of anilines is 1. The fraction of sp³-hybridized carbons (Fsp3) is 0.364. The first-order chi connectivity index (χ1) is 8.56. The second kappa shape index (κ2) is 6.85. The number of carboxylic acids is 1. The topological polar surface area (TPSA) is 92.5 Å². The highest BCUT2D eigenvalue weighted by Gasteiger charge is 2.19. The predicted octanol–water partition coefficient (Wildman–Crippen LogP) is 2.46. The fourth-order valence-corrected chi connectivity index (χ4v) is 1.86. The van der Waals surface area contributed by atoms with Crippen LogP contribution in [0, 0.1) is 10.1 Å². The van der Waals surface area contributed by atoms with Gasteiger partial charge in [-0.1, -0.05) is 0 Å². The molecule has 1 aromatic rings. The van der Waals surface area contributed by atoms with Gasteiger partial charge in [-0.3, -0.25) is 10.1 Å². The van der Waals surface area contributed by atoms with Gasteiger partial charge in [-0.2, -0.15) is 11.8 Å². The van der Waals surface area contributed by atoms with Crippen LogP contribution in [0.1, 0.15) is 16.8 Å². The Labute approximate surface area is 109 Å². The van der Waals surface area contributed by atoms with E-state index in [1.165, 1.54) is 18.2 Å². The monoisotopic (exact) mass is 270 g/mol. The van der Waals surface area contributed by atoms with Gasteiger partial charge in [0.25, 0.3) is 5.69 Å². The molecule has 1 aromatic carbocycles. The van der Waals surface area contributed by atoms with E-state index in [0.29, 0.717) is 12.2 Å². The van der Waals surface area contributed by atoms with Crippen molar-refractivity contribution in [3.05, 3.63) is 33.9 Å². The van der Waals surface area contributed by atoms with Gasteiger partial charge in [0.1, 0.15) is 5.56 Å². The van der Waals surface area contributed by atoms with Crippen molar-refractivity contribution in [3.8, 4) is 0 Å². The molecule has 1 rings (SSSR count). The summed E-state index contributed by atoms with van der Waals surface area (Å²) in [6, 6.07) is 4.02. The number of nitro groups is 1. The van der Waals surface area contributed by atoms with E-state index >= 15 is 0 Å². The van der Waals surface area contributed by atoms with E-state index in [2.05, 4.69) is 5.32 Å². The van der Waals surface area contributed by atoms with Crippen LogP contribution < -0.4 is 5.32 Å². The molecule has 0 unspecified atom stereocenters. The van der Waals surface area contributed by atoms with Gasteiger partial charge >= 0.3 is 5.97 Å². The van der Waals surface area contributed by atoms with Crippen LogP contribution in [-0.4, -0.2) is 34.6 Å². The summed E-state index contributed by atoms with van der Waals surface area (Å²) in [5.74, 6) is -0.291. The van der Waals surface area contributed by atoms with Crippen molar-refractivity contribution in [2.45, 2.75) is 6.42 Å². The molecule has 0 aliphatic carbocycles. The van der Waals surface area contributed by atoms with Crippen LogP contribution in [0.2, 0.25) is 0 Å². The van der Waals surface area contributed by atoms with E-state index in [1.54, 1.807) is 11.8 Å². The van der Waals surface area contributed by atoms with E-state index in [-0.39, 0.29) is 5.56 Å². The number of carbonyl (C=O) groups is 1. The summed E-state index contributed by atoms with van der Waals surface area (Å²) in [6.07, 6.45) is 2.95. The van der Waals surface area contributed by atoms with Crippen molar-refractivity contribution in [1.82, 2.24) is 0 Å². The molecule has 0 bridgehead atoms. The first-order valence-electron chi connectivity index (χ1n) is 5.30. The number of nitrogens with one attached hydrogen (secondary N) is 1. The van der Waals surface area contributed by atoms with Crippen molar-refractivity contribution < 1.29 is 14.8 Å². The van der Waals surface area contributed by atoms with Gasteiger partial charge in [-0.25, -0.2) is 4.79 Å². The minimum atomic E-state index is -1.30. The molecule has 7 heteroatoms. The number of hydrogen-bond donors (Lipinski definition) is 2. The smallest absolute Gasteiger partial charge is 0.342 e. The van der Waals surface area contributed by atoms with Gasteiger partial charge in [0.15, 0.2) is 0 Å². The third-order valence-corrected chi connectivity index (χ3v) is 2.97. The molecule has 6 nitrogen and oxygen atoms in total. The molecule has 0 fully saturated rings. The molecule has 98 valence electrons. The van der Waals surface area contributed by atoms with E-state index in [4.69, 9.17) is 5.11 Å². The summed E-state index contributed by atoms with van der Waals surface area (Å²) >= 11 is 1.73. The highest BCUT2D eigenvalue weighted by Crippen LogP contribution is 2.22. The number of benzene rings is 1. The lowest BCUT2D eigenvalue weighted by molar-refractivity contribution is -0.385. The van der Waals surface area contributed by atoms with Crippen LogP contribution in [0.5, 0.6) is 0 Å². The van der Waals surface area contributed by atoms with E-state index in [9.17, 15) is 14.9 Å². The highest BCUT2D eigenvalue weighted by atomic mass is 32.2. The number of nitrogens with zero attached hydrogens (tertiary/aromatic N) is 1. The summed E-state index contributed by atoms with van der Waals surface area (Å²) in [4.78, 5) is 20.9. The lowest BCUT2D eigenvalue weighted by Crippen LogP contribution is -2.06. The Kier molecular flexibility index (Phi) is 5.44. The lowest BCUT2D eigenvalue weighted by Gasteiger charge is -2.06. The molecule has 0 heterocycles. The van der Waals surface area contributed by atoms with E-state index in [0.717, 1.165) is 12.2 Å². The normalized spacial score (nSPS) is 10.1. The quantitative estimate of drug-likeness (QED) is 0.449. The second-order valence-corrected chi connectivity index (χ2v) is 4.55. The van der Waals surface area contributed by atoms with E-state index < -0.39 is 16.6 Å². The Hall–Kier alpha value is -1.76. The second-order valence-electron chi connectivity index (χ2n) is 3.57. The fourth-order valence-electron chi connectivity index (χ4n) is 1.43. The van der Waals surface area contributed by atoms with Gasteiger partial charge in [0.2, 0.25) is 0 Å². The Bertz CT molecular complexity index is 451. The average Bonchev–Trinajstić information content (AvgIpc) is 2.34. The molecule has 0 aliphatic heterocycles. The van der Waals surface area contributed by atoms with Gasteiger partial charge in [-0.05, 0) is 30.6 Å². The minimum Gasteiger partial charge on any atom is -0.477 e. The minimum absolute atomic E-state index is 0.296. The number of rotatable bonds is 7. The molecule has 0 aliphatic rings. The molecule has 0 amide bonds. The standard InChI is InChI=1S/C11H14N2O4S/c1-18-6-2-5-12-8-3-4-10(13(16)17)9(7-8)11(14)15/h3-4,7,12H,2,5-6H2,1H3,(H,14,15). The zero-order valence-corrected chi connectivity index (χ0v) is 10.7. The van der Waals surface area contributed by atoms with Crippen molar-refractivity contribution in [2.24, 2.45) is 0 Å². The van der Waals surface area contributed by atoms with E-state index in [1.807, 2.05) is 6.26 Å². The first-order valence-corrected chi connectivity index (χ1v) is 6.70. The van der Waals surface area contributed by atoms with Crippen LogP contribution in [0.4, 0.5) is 11.4 Å². The Balaban J connectivity index is 2.80. The molecular formula is C11H14N2O4S. The number of hydrogen-bond acceptors (Lipinski definition) is 5. The summed E-state index contributed by atoms with van der Waals surface area (Å²) in [6.45, 7) is 0.706. The zero-order valence-electron chi connectivity index (χ0n) is 9.88. The maximum atomic E-state index is 10.9. The molecule has 2 N–H and O–H groups in total. The first kappa shape index (κ1) is 14.3. The van der Waals surface area contributed by atoms with Gasteiger partial charge < -0.3 is 10.4 Å². The highest BCUT2D eigenvalue weighted by molar-refractivity contribution is 7.98. The molecule has 0 atom stereocenters. The summed E-state index contributed by atoms with van der Waals surface area (Å²) in [5, 5.41) is 22.6. The predicted molar refractivity (Wildman–Crippen MR) is 71.5 cm³/mol. The maximum Gasteiger partial charge on any atom is 0.342 e. The Morgan fingerprint density at radius 1 is 1.56 bits per heavy atom. The number of aromatic carboxylic acids is 1. The van der Waals surface area contributed by atoms with Gasteiger partial charge in [0.05, 0.1) is 4.92 Å². The third-order valence-electron chi connectivity index (χ3n) is 2.28. The average molecular weight is 270 g/mol. The number of carboxylic acid groups (broad SMARTS) is 1. The molecule has 0 saturated carbocycles. The van der Waals surface area contributed by atoms with Crippen LogP contribution in [0.25, 0.3) is 0 Å². The molecule has 0 radical (unpaired) electrons. The Morgan fingerprint density at radius 2 is 2.28 bits per heavy atom. The van der Waals surface area contributed by atoms with Crippen molar-refractivity contribution in [1.29, 1.82) is 0 Å². The molecular weight excluding hydrogens is 256 g/mol. The summed E-state index contributed by atoms with van der Waals surface area (Å²) in [5.41, 5.74) is -0.105. The van der Waals surface area contributed by atoms with Crippen LogP contribution >= 0.6 is 11.8 Å². The molecule has 0 spiro atoms. The molecule has 0 saturated heterocycles. The summed E-state index contributed by atoms with van der Waals surface area (Å²) < 4.78 is 0. The number of nitro benzene ring substituents is 1. The van der Waals surface area contributed by atoms with Crippen LogP contribution in [0.3, 0.4) is 0 Å². The lowest BCUT2D eigenvalue weighted by atomic mass is 10.1. The SMILES string of the molecule is CSCCCNc1ccc([N+](=O)[O-])c(C(=O)O)c1. The molecule has 18 heavy (non-hydrogen) atoms. The van der Waals surface area contributed by atoms with Gasteiger partial charge in [0, 0.05) is 18.3 Å². The number of thioether (sulfide) groups is 1. The largest absolute Gasteiger partial charge is 0.477 e. The molecule has 0 aromatic heterocycles. The van der Waals surface area contributed by atoms with Crippen LogP contribution in [-0.2, 0) is 0 Å². The van der Waals surface area contributed by atoms with Crippen molar-refractivity contribution in [3.63, 3.8) is 0 Å².